The number of carbonyl (C=O) groups excluding carboxylic acids is 1. The van der Waals surface area contributed by atoms with E-state index in [9.17, 15) is 4.79 Å². The predicted molar refractivity (Wildman–Crippen MR) is 64.9 cm³/mol. The van der Waals surface area contributed by atoms with E-state index in [1.165, 1.54) is 6.08 Å². The van der Waals surface area contributed by atoms with Gasteiger partial charge in [-0.05, 0) is 31.0 Å². The summed E-state index contributed by atoms with van der Waals surface area (Å²) in [6, 6.07) is 7.48. The van der Waals surface area contributed by atoms with Crippen molar-refractivity contribution in [3.8, 4) is 0 Å². The summed E-state index contributed by atoms with van der Waals surface area (Å²) in [6.45, 7) is 3.90. The van der Waals surface area contributed by atoms with Gasteiger partial charge >= 0.3 is 5.97 Å². The summed E-state index contributed by atoms with van der Waals surface area (Å²) in [5.41, 5.74) is 10.2. The van der Waals surface area contributed by atoms with E-state index in [4.69, 9.17) is 10.3 Å². The summed E-state index contributed by atoms with van der Waals surface area (Å²) < 4.78 is 4.78. The van der Waals surface area contributed by atoms with E-state index in [-0.39, 0.29) is 12.3 Å². The average Bonchev–Trinajstić information content (AvgIpc) is 2.31. The zero-order valence-corrected chi connectivity index (χ0v) is 9.75. The van der Waals surface area contributed by atoms with Crippen molar-refractivity contribution in [2.24, 2.45) is 5.11 Å². The number of carbonyl (C=O) groups is 1. The molecule has 1 aromatic carbocycles. The summed E-state index contributed by atoms with van der Waals surface area (Å²) in [7, 11) is 0. The molecule has 17 heavy (non-hydrogen) atoms. The smallest absolute Gasteiger partial charge is 0.340 e. The first-order chi connectivity index (χ1) is 8.17. The Hall–Kier alpha value is -2.26. The lowest BCUT2D eigenvalue weighted by molar-refractivity contribution is -0.138. The molecule has 5 heteroatoms. The van der Waals surface area contributed by atoms with Gasteiger partial charge in [0.25, 0.3) is 0 Å². The van der Waals surface area contributed by atoms with Gasteiger partial charge in [-0.25, -0.2) is 4.79 Å². The number of hydrogen-bond donors (Lipinski definition) is 0. The minimum atomic E-state index is -0.620. The van der Waals surface area contributed by atoms with Crippen LogP contribution in [0, 0.1) is 6.92 Å². The van der Waals surface area contributed by atoms with E-state index in [0.717, 1.165) is 11.1 Å². The fourth-order valence-electron chi connectivity index (χ4n) is 1.20. The lowest BCUT2D eigenvalue weighted by atomic mass is 10.1. The number of rotatable bonds is 4. The Bertz CT molecular complexity index is 471. The maximum absolute atomic E-state index is 11.4. The number of aryl methyl sites for hydroxylation is 1. The van der Waals surface area contributed by atoms with Gasteiger partial charge in [-0.2, -0.15) is 0 Å². The highest BCUT2D eigenvalue weighted by atomic mass is 16.5. The van der Waals surface area contributed by atoms with E-state index in [1.54, 1.807) is 6.92 Å². The van der Waals surface area contributed by atoms with Gasteiger partial charge in [-0.3, -0.25) is 0 Å². The molecule has 1 rings (SSSR count). The molecule has 0 spiro atoms. The molecule has 0 radical (unpaired) electrons. The molecule has 0 aromatic heterocycles. The summed E-state index contributed by atoms with van der Waals surface area (Å²) in [6.07, 6.45) is 1.50. The molecule has 0 atom stereocenters. The molecule has 0 fully saturated rings. The molecule has 0 aliphatic carbocycles. The van der Waals surface area contributed by atoms with Crippen molar-refractivity contribution >= 4 is 12.0 Å². The average molecular weight is 231 g/mol. The third-order valence-corrected chi connectivity index (χ3v) is 2.02. The lowest BCUT2D eigenvalue weighted by Crippen LogP contribution is -2.05. The Labute approximate surface area is 99.3 Å². The van der Waals surface area contributed by atoms with E-state index in [0.29, 0.717) is 0 Å². The molecule has 0 saturated carbocycles. The maximum atomic E-state index is 11.4. The first-order valence-corrected chi connectivity index (χ1v) is 5.18. The van der Waals surface area contributed by atoms with Crippen molar-refractivity contribution in [2.75, 3.05) is 6.61 Å². The van der Waals surface area contributed by atoms with Crippen LogP contribution in [0.2, 0.25) is 0 Å². The lowest BCUT2D eigenvalue weighted by Gasteiger charge is -2.01. The van der Waals surface area contributed by atoms with Gasteiger partial charge in [0, 0.05) is 4.91 Å². The quantitative estimate of drug-likeness (QED) is 0.262. The molecule has 88 valence electrons. The van der Waals surface area contributed by atoms with E-state index >= 15 is 0 Å². The molecule has 5 nitrogen and oxygen atoms in total. The molecule has 0 unspecified atom stereocenters. The third kappa shape index (κ3) is 4.01. The molecule has 0 aliphatic heterocycles. The van der Waals surface area contributed by atoms with Crippen LogP contribution in [0.1, 0.15) is 18.1 Å². The highest BCUT2D eigenvalue weighted by Gasteiger charge is 2.08. The molecule has 0 heterocycles. The molecular formula is C12H13N3O2. The first-order valence-electron chi connectivity index (χ1n) is 5.18. The summed E-state index contributed by atoms with van der Waals surface area (Å²) in [5, 5.41) is 3.33. The largest absolute Gasteiger partial charge is 0.462 e. The second-order valence-corrected chi connectivity index (χ2v) is 3.35. The summed E-state index contributed by atoms with van der Waals surface area (Å²) in [5.74, 6) is -0.620. The van der Waals surface area contributed by atoms with Crippen LogP contribution in [0.3, 0.4) is 0 Å². The Morgan fingerprint density at radius 2 is 2.12 bits per heavy atom. The Balaban J connectivity index is 3.01. The Kier molecular flexibility index (Phi) is 4.78. The SMILES string of the molecule is CCOC(=O)C(=Cc1ccc(C)cc1)N=[N+]=[N-]. The molecule has 0 N–H and O–H groups in total. The van der Waals surface area contributed by atoms with Gasteiger partial charge in [-0.1, -0.05) is 34.9 Å². The van der Waals surface area contributed by atoms with Gasteiger partial charge in [0.2, 0.25) is 0 Å². The Morgan fingerprint density at radius 1 is 1.47 bits per heavy atom. The van der Waals surface area contributed by atoms with Crippen molar-refractivity contribution in [2.45, 2.75) is 13.8 Å². The van der Waals surface area contributed by atoms with Crippen LogP contribution in [0.15, 0.2) is 35.1 Å². The standard InChI is InChI=1S/C12H13N3O2/c1-3-17-12(16)11(14-15-13)8-10-6-4-9(2)5-7-10/h4-8H,3H2,1-2H3. The van der Waals surface area contributed by atoms with Crippen molar-refractivity contribution in [3.05, 3.63) is 51.5 Å². The van der Waals surface area contributed by atoms with Gasteiger partial charge < -0.3 is 4.74 Å². The number of esters is 1. The van der Waals surface area contributed by atoms with Crippen LogP contribution < -0.4 is 0 Å². The van der Waals surface area contributed by atoms with Gasteiger partial charge in [0.05, 0.1) is 6.61 Å². The number of hydrogen-bond acceptors (Lipinski definition) is 3. The summed E-state index contributed by atoms with van der Waals surface area (Å²) in [4.78, 5) is 14.1. The van der Waals surface area contributed by atoms with Crippen LogP contribution in [0.4, 0.5) is 0 Å². The van der Waals surface area contributed by atoms with Crippen molar-refractivity contribution in [3.63, 3.8) is 0 Å². The maximum Gasteiger partial charge on any atom is 0.340 e. The van der Waals surface area contributed by atoms with Crippen LogP contribution >= 0.6 is 0 Å². The third-order valence-electron chi connectivity index (χ3n) is 2.02. The molecule has 0 saturated heterocycles. The van der Waals surface area contributed by atoms with Gasteiger partial charge in [0.15, 0.2) is 0 Å². The molecule has 0 aliphatic rings. The van der Waals surface area contributed by atoms with Crippen LogP contribution in [-0.2, 0) is 9.53 Å². The predicted octanol–water partition coefficient (Wildman–Crippen LogP) is 3.21. The first kappa shape index (κ1) is 12.8. The fraction of sp³-hybridized carbons (Fsp3) is 0.250. The zero-order chi connectivity index (χ0) is 12.7. The monoisotopic (exact) mass is 231 g/mol. The fourth-order valence-corrected chi connectivity index (χ4v) is 1.20. The molecule has 0 amide bonds. The minimum absolute atomic E-state index is 0.0433. The number of nitrogens with zero attached hydrogens (tertiary/aromatic N) is 3. The zero-order valence-electron chi connectivity index (χ0n) is 9.75. The number of benzene rings is 1. The topological polar surface area (TPSA) is 75.1 Å². The number of ether oxygens (including phenoxy) is 1. The Morgan fingerprint density at radius 3 is 2.65 bits per heavy atom. The molecule has 0 bridgehead atoms. The van der Waals surface area contributed by atoms with Gasteiger partial charge in [-0.15, -0.1) is 0 Å². The second kappa shape index (κ2) is 6.35. The van der Waals surface area contributed by atoms with E-state index in [2.05, 4.69) is 10.0 Å². The second-order valence-electron chi connectivity index (χ2n) is 3.35. The van der Waals surface area contributed by atoms with E-state index in [1.807, 2.05) is 31.2 Å². The van der Waals surface area contributed by atoms with Crippen molar-refractivity contribution in [1.29, 1.82) is 0 Å². The number of azide groups is 1. The van der Waals surface area contributed by atoms with Gasteiger partial charge in [0.1, 0.15) is 5.70 Å². The highest BCUT2D eigenvalue weighted by Crippen LogP contribution is 2.11. The normalized spacial score (nSPS) is 10.6. The molecular weight excluding hydrogens is 218 g/mol. The minimum Gasteiger partial charge on any atom is -0.462 e. The highest BCUT2D eigenvalue weighted by molar-refractivity contribution is 5.93. The van der Waals surface area contributed by atoms with Crippen molar-refractivity contribution < 1.29 is 9.53 Å². The summed E-state index contributed by atoms with van der Waals surface area (Å²) >= 11 is 0. The molecule has 1 aromatic rings. The van der Waals surface area contributed by atoms with Crippen LogP contribution in [-0.4, -0.2) is 12.6 Å². The van der Waals surface area contributed by atoms with Crippen LogP contribution in [0.25, 0.3) is 16.5 Å². The van der Waals surface area contributed by atoms with E-state index < -0.39 is 5.97 Å². The van der Waals surface area contributed by atoms with Crippen LogP contribution in [0.5, 0.6) is 0 Å². The van der Waals surface area contributed by atoms with Crippen molar-refractivity contribution in [1.82, 2.24) is 0 Å².